The number of nitrogens with two attached hydrogens (primary N) is 1. The van der Waals surface area contributed by atoms with Gasteiger partial charge in [0.15, 0.2) is 6.10 Å². The summed E-state index contributed by atoms with van der Waals surface area (Å²) in [5.41, 5.74) is 7.69. The number of pyridine rings is 2. The molecule has 0 radical (unpaired) electrons. The summed E-state index contributed by atoms with van der Waals surface area (Å²) in [7, 11) is 0. The molecule has 2 aromatic heterocycles. The smallest absolute Gasteiger partial charge is 0.252 e. The van der Waals surface area contributed by atoms with E-state index in [1.165, 1.54) is 0 Å². The van der Waals surface area contributed by atoms with Gasteiger partial charge in [0, 0.05) is 17.8 Å². The van der Waals surface area contributed by atoms with Crippen molar-refractivity contribution < 1.29 is 9.53 Å². The second-order valence-electron chi connectivity index (χ2n) is 4.88. The zero-order valence-corrected chi connectivity index (χ0v) is 11.8. The fraction of sp³-hybridized carbons (Fsp3) is 0.118. The summed E-state index contributed by atoms with van der Waals surface area (Å²) < 4.78 is 5.67. The highest BCUT2D eigenvalue weighted by Gasteiger charge is 2.20. The normalized spacial score (nSPS) is 12.2. The highest BCUT2D eigenvalue weighted by atomic mass is 16.5. The van der Waals surface area contributed by atoms with E-state index in [2.05, 4.69) is 9.97 Å². The number of rotatable bonds is 5. The number of hydrogen-bond acceptors (Lipinski definition) is 4. The Labute approximate surface area is 127 Å². The maximum absolute atomic E-state index is 11.7. The standard InChI is InChI=1S/C17H15N3O2/c18-17(21)16(22-11-12-4-2-1-3-5-12)15-7-6-13-10-19-9-8-14(13)20-15/h1-10,16H,11H2,(H2,18,21). The third-order valence-electron chi connectivity index (χ3n) is 3.30. The van der Waals surface area contributed by atoms with Crippen LogP contribution in [0.4, 0.5) is 0 Å². The lowest BCUT2D eigenvalue weighted by Crippen LogP contribution is -2.24. The van der Waals surface area contributed by atoms with Crippen molar-refractivity contribution in [3.63, 3.8) is 0 Å². The summed E-state index contributed by atoms with van der Waals surface area (Å²) in [6, 6.07) is 15.0. The van der Waals surface area contributed by atoms with Gasteiger partial charge < -0.3 is 10.5 Å². The summed E-state index contributed by atoms with van der Waals surface area (Å²) in [5.74, 6) is -0.558. The summed E-state index contributed by atoms with van der Waals surface area (Å²) in [6.45, 7) is 0.296. The molecule has 5 nitrogen and oxygen atoms in total. The van der Waals surface area contributed by atoms with Crippen LogP contribution in [0.2, 0.25) is 0 Å². The van der Waals surface area contributed by atoms with Crippen molar-refractivity contribution in [3.05, 3.63) is 72.2 Å². The molecule has 0 saturated carbocycles. The zero-order chi connectivity index (χ0) is 15.4. The fourth-order valence-electron chi connectivity index (χ4n) is 2.19. The Morgan fingerprint density at radius 1 is 1.14 bits per heavy atom. The Bertz CT molecular complexity index is 790. The van der Waals surface area contributed by atoms with Crippen molar-refractivity contribution in [1.29, 1.82) is 0 Å². The first-order chi connectivity index (χ1) is 10.7. The molecule has 1 unspecified atom stereocenters. The number of amides is 1. The molecule has 0 aliphatic carbocycles. The maximum atomic E-state index is 11.7. The number of primary amides is 1. The van der Waals surface area contributed by atoms with Crippen LogP contribution in [0.5, 0.6) is 0 Å². The predicted octanol–water partition coefficient (Wildman–Crippen LogP) is 2.37. The number of ether oxygens (including phenoxy) is 1. The Kier molecular flexibility index (Phi) is 4.07. The van der Waals surface area contributed by atoms with Gasteiger partial charge in [0.05, 0.1) is 17.8 Å². The minimum absolute atomic E-state index is 0.296. The van der Waals surface area contributed by atoms with Gasteiger partial charge in [-0.25, -0.2) is 4.98 Å². The van der Waals surface area contributed by atoms with Crippen LogP contribution in [0.25, 0.3) is 10.9 Å². The van der Waals surface area contributed by atoms with E-state index < -0.39 is 12.0 Å². The first-order valence-corrected chi connectivity index (χ1v) is 6.89. The fourth-order valence-corrected chi connectivity index (χ4v) is 2.19. The van der Waals surface area contributed by atoms with Gasteiger partial charge in [-0.05, 0) is 23.8 Å². The Hall–Kier alpha value is -2.79. The summed E-state index contributed by atoms with van der Waals surface area (Å²) >= 11 is 0. The molecule has 0 spiro atoms. The second kappa shape index (κ2) is 6.32. The lowest BCUT2D eigenvalue weighted by atomic mass is 10.1. The van der Waals surface area contributed by atoms with Crippen molar-refractivity contribution in [2.24, 2.45) is 5.73 Å². The molecule has 22 heavy (non-hydrogen) atoms. The molecule has 1 atom stereocenters. The minimum atomic E-state index is -0.877. The molecule has 1 amide bonds. The lowest BCUT2D eigenvalue weighted by molar-refractivity contribution is -0.131. The van der Waals surface area contributed by atoms with Crippen LogP contribution in [0, 0.1) is 0 Å². The second-order valence-corrected chi connectivity index (χ2v) is 4.88. The molecule has 1 aromatic carbocycles. The van der Waals surface area contributed by atoms with Gasteiger partial charge in [-0.2, -0.15) is 0 Å². The lowest BCUT2D eigenvalue weighted by Gasteiger charge is -2.14. The number of hydrogen-bond donors (Lipinski definition) is 1. The molecule has 3 aromatic rings. The zero-order valence-electron chi connectivity index (χ0n) is 11.8. The van der Waals surface area contributed by atoms with Crippen LogP contribution in [-0.2, 0) is 16.1 Å². The molecule has 0 bridgehead atoms. The van der Waals surface area contributed by atoms with E-state index >= 15 is 0 Å². The summed E-state index contributed by atoms with van der Waals surface area (Å²) in [4.78, 5) is 20.2. The van der Waals surface area contributed by atoms with E-state index in [-0.39, 0.29) is 0 Å². The average Bonchev–Trinajstić information content (AvgIpc) is 2.55. The average molecular weight is 293 g/mol. The molecule has 0 saturated heterocycles. The Morgan fingerprint density at radius 2 is 1.95 bits per heavy atom. The summed E-state index contributed by atoms with van der Waals surface area (Å²) in [5, 5.41) is 0.900. The number of fused-ring (bicyclic) bond motifs is 1. The number of carbonyl (C=O) groups is 1. The topological polar surface area (TPSA) is 78.1 Å². The van der Waals surface area contributed by atoms with Gasteiger partial charge in [0.25, 0.3) is 5.91 Å². The number of benzene rings is 1. The molecular weight excluding hydrogens is 278 g/mol. The molecule has 2 heterocycles. The number of nitrogens with zero attached hydrogens (tertiary/aromatic N) is 2. The third-order valence-corrected chi connectivity index (χ3v) is 3.30. The molecule has 5 heteroatoms. The van der Waals surface area contributed by atoms with Crippen LogP contribution in [0.15, 0.2) is 60.9 Å². The maximum Gasteiger partial charge on any atom is 0.252 e. The van der Waals surface area contributed by atoms with Crippen molar-refractivity contribution >= 4 is 16.8 Å². The highest BCUT2D eigenvalue weighted by Crippen LogP contribution is 2.20. The van der Waals surface area contributed by atoms with Gasteiger partial charge in [0.2, 0.25) is 0 Å². The monoisotopic (exact) mass is 293 g/mol. The van der Waals surface area contributed by atoms with Crippen molar-refractivity contribution in [1.82, 2.24) is 9.97 Å². The van der Waals surface area contributed by atoms with Gasteiger partial charge in [-0.1, -0.05) is 30.3 Å². The SMILES string of the molecule is NC(=O)C(OCc1ccccc1)c1ccc2cnccc2n1. The van der Waals surface area contributed by atoms with E-state index in [1.807, 2.05) is 36.4 Å². The molecule has 3 rings (SSSR count). The Balaban J connectivity index is 1.84. The highest BCUT2D eigenvalue weighted by molar-refractivity contribution is 5.82. The third kappa shape index (κ3) is 3.10. The minimum Gasteiger partial charge on any atom is -0.367 e. The number of carbonyl (C=O) groups excluding carboxylic acids is 1. The van der Waals surface area contributed by atoms with Gasteiger partial charge in [-0.15, -0.1) is 0 Å². The van der Waals surface area contributed by atoms with Crippen LogP contribution in [-0.4, -0.2) is 15.9 Å². The van der Waals surface area contributed by atoms with Crippen LogP contribution >= 0.6 is 0 Å². The summed E-state index contributed by atoms with van der Waals surface area (Å²) in [6.07, 6.45) is 2.50. The quantitative estimate of drug-likeness (QED) is 0.783. The van der Waals surface area contributed by atoms with E-state index in [0.717, 1.165) is 16.5 Å². The molecule has 2 N–H and O–H groups in total. The van der Waals surface area contributed by atoms with Gasteiger partial charge in [-0.3, -0.25) is 9.78 Å². The largest absolute Gasteiger partial charge is 0.367 e. The van der Waals surface area contributed by atoms with E-state index in [1.54, 1.807) is 24.5 Å². The predicted molar refractivity (Wildman–Crippen MR) is 82.7 cm³/mol. The molecule has 0 aliphatic heterocycles. The molecule has 0 fully saturated rings. The van der Waals surface area contributed by atoms with Crippen molar-refractivity contribution in [2.45, 2.75) is 12.7 Å². The van der Waals surface area contributed by atoms with Gasteiger partial charge in [0.1, 0.15) is 0 Å². The van der Waals surface area contributed by atoms with Crippen LogP contribution < -0.4 is 5.73 Å². The van der Waals surface area contributed by atoms with Crippen molar-refractivity contribution in [3.8, 4) is 0 Å². The Morgan fingerprint density at radius 3 is 2.73 bits per heavy atom. The molecular formula is C17H15N3O2. The van der Waals surface area contributed by atoms with Crippen molar-refractivity contribution in [2.75, 3.05) is 0 Å². The van der Waals surface area contributed by atoms with Crippen LogP contribution in [0.3, 0.4) is 0 Å². The van der Waals surface area contributed by atoms with Crippen LogP contribution in [0.1, 0.15) is 17.4 Å². The van der Waals surface area contributed by atoms with E-state index in [4.69, 9.17) is 10.5 Å². The van der Waals surface area contributed by atoms with E-state index in [9.17, 15) is 4.79 Å². The molecule has 0 aliphatic rings. The molecule has 110 valence electrons. The first-order valence-electron chi connectivity index (χ1n) is 6.89. The van der Waals surface area contributed by atoms with Gasteiger partial charge >= 0.3 is 0 Å². The first kappa shape index (κ1) is 14.2. The number of aromatic nitrogens is 2. The van der Waals surface area contributed by atoms with E-state index in [0.29, 0.717) is 12.3 Å².